The maximum Gasteiger partial charge on any atom is 0.237 e. The largest absolute Gasteiger partial charge is 0.330 e. The third kappa shape index (κ3) is 1.96. The first-order chi connectivity index (χ1) is 11.7. The van der Waals surface area contributed by atoms with Crippen LogP contribution >= 0.6 is 0 Å². The fourth-order valence-corrected chi connectivity index (χ4v) is 4.86. The van der Waals surface area contributed by atoms with E-state index in [9.17, 15) is 9.18 Å². The van der Waals surface area contributed by atoms with Crippen LogP contribution in [0.2, 0.25) is 0 Å². The van der Waals surface area contributed by atoms with Crippen LogP contribution in [0, 0.1) is 5.82 Å². The first-order valence-electron chi connectivity index (χ1n) is 8.60. The van der Waals surface area contributed by atoms with Crippen LogP contribution in [0.1, 0.15) is 40.6 Å². The van der Waals surface area contributed by atoms with Crippen LogP contribution in [0.5, 0.6) is 0 Å². The Kier molecular flexibility index (Phi) is 3.04. The fraction of sp³-hybridized carbons (Fsp3) is 0.350. The van der Waals surface area contributed by atoms with E-state index in [1.54, 1.807) is 6.07 Å². The molecule has 122 valence electrons. The first-order valence-corrected chi connectivity index (χ1v) is 8.60. The SMILES string of the molecule is O=C1CNC[C@H]2C[C@@H]3c4ccccc4Cc4ccc(F)cc4[C@H]3N12. The van der Waals surface area contributed by atoms with Gasteiger partial charge in [-0.05, 0) is 47.2 Å². The number of hydrogen-bond acceptors (Lipinski definition) is 2. The fourth-order valence-electron chi connectivity index (χ4n) is 4.86. The lowest BCUT2D eigenvalue weighted by molar-refractivity contribution is -0.135. The molecule has 24 heavy (non-hydrogen) atoms. The molecule has 0 unspecified atom stereocenters. The van der Waals surface area contributed by atoms with Crippen molar-refractivity contribution in [2.45, 2.75) is 30.8 Å². The predicted octanol–water partition coefficient (Wildman–Crippen LogP) is 2.76. The van der Waals surface area contributed by atoms with Crippen molar-refractivity contribution in [1.82, 2.24) is 10.2 Å². The maximum absolute atomic E-state index is 14.0. The Balaban J connectivity index is 1.74. The average molecular weight is 322 g/mol. The summed E-state index contributed by atoms with van der Waals surface area (Å²) in [5.41, 5.74) is 4.76. The molecule has 2 aromatic rings. The zero-order chi connectivity index (χ0) is 16.3. The summed E-state index contributed by atoms with van der Waals surface area (Å²) >= 11 is 0. The van der Waals surface area contributed by atoms with Crippen molar-refractivity contribution in [3.05, 3.63) is 70.5 Å². The van der Waals surface area contributed by atoms with Gasteiger partial charge in [-0.1, -0.05) is 30.3 Å². The second-order valence-electron chi connectivity index (χ2n) is 7.09. The van der Waals surface area contributed by atoms with E-state index in [1.165, 1.54) is 17.2 Å². The van der Waals surface area contributed by atoms with Crippen molar-refractivity contribution in [2.75, 3.05) is 13.1 Å². The van der Waals surface area contributed by atoms with Crippen LogP contribution in [0.3, 0.4) is 0 Å². The summed E-state index contributed by atoms with van der Waals surface area (Å²) < 4.78 is 14.0. The molecule has 3 nitrogen and oxygen atoms in total. The molecule has 0 bridgehead atoms. The highest BCUT2D eigenvalue weighted by molar-refractivity contribution is 5.81. The van der Waals surface area contributed by atoms with Gasteiger partial charge < -0.3 is 10.2 Å². The normalized spacial score (nSPS) is 27.8. The van der Waals surface area contributed by atoms with Gasteiger partial charge in [0, 0.05) is 18.5 Å². The van der Waals surface area contributed by atoms with Crippen LogP contribution < -0.4 is 5.32 Å². The van der Waals surface area contributed by atoms with Gasteiger partial charge in [-0.2, -0.15) is 0 Å². The van der Waals surface area contributed by atoms with Crippen LogP contribution in [-0.2, 0) is 11.2 Å². The van der Waals surface area contributed by atoms with Gasteiger partial charge in [0.2, 0.25) is 5.91 Å². The molecule has 1 aliphatic carbocycles. The molecule has 0 saturated carbocycles. The molecule has 2 aliphatic heterocycles. The number of halogens is 1. The predicted molar refractivity (Wildman–Crippen MR) is 89.3 cm³/mol. The van der Waals surface area contributed by atoms with E-state index >= 15 is 0 Å². The summed E-state index contributed by atoms with van der Waals surface area (Å²) in [5.74, 6) is 0.163. The lowest BCUT2D eigenvalue weighted by Crippen LogP contribution is -2.52. The number of nitrogens with one attached hydrogen (secondary N) is 1. The van der Waals surface area contributed by atoms with E-state index in [0.29, 0.717) is 6.54 Å². The van der Waals surface area contributed by atoms with E-state index in [2.05, 4.69) is 29.6 Å². The smallest absolute Gasteiger partial charge is 0.237 e. The molecule has 5 rings (SSSR count). The lowest BCUT2D eigenvalue weighted by atomic mass is 9.87. The van der Waals surface area contributed by atoms with E-state index in [0.717, 1.165) is 30.5 Å². The molecular formula is C20H19FN2O. The van der Waals surface area contributed by atoms with Crippen LogP contribution in [0.15, 0.2) is 42.5 Å². The quantitative estimate of drug-likeness (QED) is 0.809. The first kappa shape index (κ1) is 14.2. The number of amides is 1. The Morgan fingerprint density at radius 3 is 2.83 bits per heavy atom. The van der Waals surface area contributed by atoms with E-state index < -0.39 is 0 Å². The van der Waals surface area contributed by atoms with E-state index in [4.69, 9.17) is 0 Å². The molecule has 2 fully saturated rings. The molecule has 2 heterocycles. The molecule has 1 amide bonds. The third-order valence-corrected chi connectivity index (χ3v) is 5.81. The molecular weight excluding hydrogens is 303 g/mol. The Bertz CT molecular complexity index is 834. The van der Waals surface area contributed by atoms with Crippen molar-refractivity contribution >= 4 is 5.91 Å². The van der Waals surface area contributed by atoms with Crippen LogP contribution in [-0.4, -0.2) is 29.9 Å². The van der Waals surface area contributed by atoms with Crippen molar-refractivity contribution in [2.24, 2.45) is 0 Å². The van der Waals surface area contributed by atoms with E-state index in [-0.39, 0.29) is 29.7 Å². The molecule has 0 radical (unpaired) electrons. The van der Waals surface area contributed by atoms with E-state index in [1.807, 2.05) is 11.0 Å². The highest BCUT2D eigenvalue weighted by atomic mass is 19.1. The summed E-state index contributed by atoms with van der Waals surface area (Å²) in [6, 6.07) is 13.7. The summed E-state index contributed by atoms with van der Waals surface area (Å²) in [7, 11) is 0. The molecule has 2 saturated heterocycles. The second kappa shape index (κ2) is 5.15. The van der Waals surface area contributed by atoms with Gasteiger partial charge in [-0.25, -0.2) is 4.39 Å². The number of rotatable bonds is 0. The van der Waals surface area contributed by atoms with Crippen LogP contribution in [0.25, 0.3) is 0 Å². The minimum Gasteiger partial charge on any atom is -0.330 e. The van der Waals surface area contributed by atoms with Crippen LogP contribution in [0.4, 0.5) is 4.39 Å². The van der Waals surface area contributed by atoms with Crippen molar-refractivity contribution < 1.29 is 9.18 Å². The minimum absolute atomic E-state index is 0.0426. The molecule has 3 atom stereocenters. The monoisotopic (exact) mass is 322 g/mol. The highest BCUT2D eigenvalue weighted by Gasteiger charge is 2.48. The van der Waals surface area contributed by atoms with Gasteiger partial charge in [0.25, 0.3) is 0 Å². The third-order valence-electron chi connectivity index (χ3n) is 5.81. The van der Waals surface area contributed by atoms with Gasteiger partial charge in [0.05, 0.1) is 12.6 Å². The van der Waals surface area contributed by atoms with Gasteiger partial charge in [-0.15, -0.1) is 0 Å². The minimum atomic E-state index is -0.218. The Hall–Kier alpha value is -2.20. The zero-order valence-corrected chi connectivity index (χ0v) is 13.3. The summed E-state index contributed by atoms with van der Waals surface area (Å²) in [5, 5.41) is 3.23. The summed E-state index contributed by atoms with van der Waals surface area (Å²) in [6.07, 6.45) is 1.75. The van der Waals surface area contributed by atoms with Crippen molar-refractivity contribution in [1.29, 1.82) is 0 Å². The van der Waals surface area contributed by atoms with Gasteiger partial charge in [-0.3, -0.25) is 4.79 Å². The summed E-state index contributed by atoms with van der Waals surface area (Å²) in [6.45, 7) is 1.21. The van der Waals surface area contributed by atoms with Crippen molar-refractivity contribution in [3.8, 4) is 0 Å². The number of carbonyl (C=O) groups is 1. The van der Waals surface area contributed by atoms with Gasteiger partial charge in [0.1, 0.15) is 5.82 Å². The molecule has 2 aromatic carbocycles. The number of nitrogens with zero attached hydrogens (tertiary/aromatic N) is 1. The topological polar surface area (TPSA) is 32.3 Å². The number of benzene rings is 2. The molecule has 0 aromatic heterocycles. The Labute approximate surface area is 140 Å². The maximum atomic E-state index is 14.0. The Morgan fingerprint density at radius 2 is 1.92 bits per heavy atom. The van der Waals surface area contributed by atoms with Gasteiger partial charge in [0.15, 0.2) is 0 Å². The second-order valence-corrected chi connectivity index (χ2v) is 7.09. The Morgan fingerprint density at radius 1 is 1.08 bits per heavy atom. The number of fused-ring (bicyclic) bond motifs is 7. The summed E-state index contributed by atoms with van der Waals surface area (Å²) in [4.78, 5) is 14.6. The molecule has 1 N–H and O–H groups in total. The highest BCUT2D eigenvalue weighted by Crippen LogP contribution is 2.51. The average Bonchev–Trinajstić information content (AvgIpc) is 2.92. The zero-order valence-electron chi connectivity index (χ0n) is 13.3. The van der Waals surface area contributed by atoms with Crippen molar-refractivity contribution in [3.63, 3.8) is 0 Å². The number of carbonyl (C=O) groups excluding carboxylic acids is 1. The standard InChI is InChI=1S/C20H19FN2O/c21-14-6-5-13-7-12-3-1-2-4-16(12)18-9-15-10-22-11-19(24)23(15)20(18)17(13)8-14/h1-6,8,15,18,20,22H,7,9-11H2/t15-,18-,20-/m1/s1. The molecule has 4 heteroatoms. The number of piperazine rings is 1. The number of hydrogen-bond donors (Lipinski definition) is 1. The lowest BCUT2D eigenvalue weighted by Gasteiger charge is -2.36. The molecule has 3 aliphatic rings. The molecule has 0 spiro atoms. The van der Waals surface area contributed by atoms with Gasteiger partial charge >= 0.3 is 0 Å².